The van der Waals surface area contributed by atoms with E-state index in [9.17, 15) is 22.8 Å². The summed E-state index contributed by atoms with van der Waals surface area (Å²) in [7, 11) is 0. The Morgan fingerprint density at radius 3 is 2.45 bits per heavy atom. The predicted molar refractivity (Wildman–Crippen MR) is 114 cm³/mol. The van der Waals surface area contributed by atoms with Gasteiger partial charge in [-0.3, -0.25) is 19.5 Å². The van der Waals surface area contributed by atoms with E-state index in [2.05, 4.69) is 20.3 Å². The number of hydrogen-bond donors (Lipinski definition) is 1. The van der Waals surface area contributed by atoms with Crippen molar-refractivity contribution in [3.8, 4) is 0 Å². The lowest BCUT2D eigenvalue weighted by molar-refractivity contribution is -0.132. The topological polar surface area (TPSA) is 88.1 Å². The van der Waals surface area contributed by atoms with Crippen LogP contribution in [0, 0.1) is 18.8 Å². The molecule has 2 saturated carbocycles. The van der Waals surface area contributed by atoms with Gasteiger partial charge in [0.25, 0.3) is 23.4 Å². The van der Waals surface area contributed by atoms with Gasteiger partial charge in [0.05, 0.1) is 11.9 Å². The molecule has 0 spiro atoms. The number of hydrogen-bond acceptors (Lipinski definition) is 5. The van der Waals surface area contributed by atoms with Crippen LogP contribution in [0.15, 0.2) is 37.1 Å². The highest BCUT2D eigenvalue weighted by molar-refractivity contribution is 6.32. The quantitative estimate of drug-likeness (QED) is 0.638. The lowest BCUT2D eigenvalue weighted by Gasteiger charge is -2.41. The van der Waals surface area contributed by atoms with Crippen LogP contribution < -0.4 is 10.2 Å². The molecule has 2 aliphatic carbocycles. The molecule has 7 nitrogen and oxygen atoms in total. The number of aromatic nitrogens is 3. The van der Waals surface area contributed by atoms with Crippen molar-refractivity contribution in [2.75, 3.05) is 4.90 Å². The van der Waals surface area contributed by atoms with E-state index in [1.807, 2.05) is 0 Å². The van der Waals surface area contributed by atoms with Crippen LogP contribution in [-0.4, -0.2) is 44.4 Å². The number of nitrogens with zero attached hydrogens (tertiary/aromatic N) is 4. The van der Waals surface area contributed by atoms with Gasteiger partial charge in [0.2, 0.25) is 0 Å². The van der Waals surface area contributed by atoms with Crippen molar-refractivity contribution in [3.63, 3.8) is 0 Å². The maximum Gasteiger partial charge on any atom is 0.278 e. The van der Waals surface area contributed by atoms with Crippen LogP contribution in [-0.2, 0) is 15.1 Å². The van der Waals surface area contributed by atoms with Crippen molar-refractivity contribution in [2.45, 2.75) is 56.2 Å². The van der Waals surface area contributed by atoms with Crippen molar-refractivity contribution < 1.29 is 22.8 Å². The molecule has 2 fully saturated rings. The van der Waals surface area contributed by atoms with E-state index in [0.29, 0.717) is 12.1 Å². The first-order valence-corrected chi connectivity index (χ1v) is 11.0. The van der Waals surface area contributed by atoms with E-state index in [0.717, 1.165) is 4.90 Å². The SMILES string of the molecule is Cc1ccc(N(C(=O)[C@H](F)Cl)[C@](C)(C(=O)N[C@@H]2CC3CC2CC3(F)F)c2cncnc2)cn1. The third-order valence-corrected chi connectivity index (χ3v) is 6.90. The Labute approximate surface area is 193 Å². The number of rotatable bonds is 6. The fraction of sp³-hybridized carbons (Fsp3) is 0.500. The number of carbonyl (C=O) groups is 2. The average Bonchev–Trinajstić information content (AvgIpc) is 3.31. The highest BCUT2D eigenvalue weighted by Gasteiger charge is 2.58. The van der Waals surface area contributed by atoms with Crippen LogP contribution >= 0.6 is 11.6 Å². The second kappa shape index (κ2) is 8.55. The zero-order chi connectivity index (χ0) is 24.0. The number of pyridine rings is 1. The normalized spacial score (nSPS) is 25.8. The van der Waals surface area contributed by atoms with Gasteiger partial charge in [0.1, 0.15) is 6.33 Å². The number of alkyl halides is 4. The van der Waals surface area contributed by atoms with E-state index in [1.54, 1.807) is 13.0 Å². The third-order valence-electron chi connectivity index (χ3n) is 6.72. The molecule has 0 radical (unpaired) electrons. The summed E-state index contributed by atoms with van der Waals surface area (Å²) in [6.45, 7) is 3.15. The molecule has 2 amide bonds. The molecule has 0 aromatic carbocycles. The lowest BCUT2D eigenvalue weighted by Crippen LogP contribution is -2.60. The maximum absolute atomic E-state index is 14.1. The van der Waals surface area contributed by atoms with E-state index in [1.165, 1.54) is 37.9 Å². The van der Waals surface area contributed by atoms with Crippen LogP contribution in [0.1, 0.15) is 37.4 Å². The largest absolute Gasteiger partial charge is 0.351 e. The molecule has 11 heteroatoms. The smallest absolute Gasteiger partial charge is 0.278 e. The van der Waals surface area contributed by atoms with Crippen molar-refractivity contribution >= 4 is 29.1 Å². The first kappa shape index (κ1) is 23.4. The average molecular weight is 482 g/mol. The van der Waals surface area contributed by atoms with Gasteiger partial charge >= 0.3 is 0 Å². The van der Waals surface area contributed by atoms with Gasteiger partial charge in [0.15, 0.2) is 5.54 Å². The fourth-order valence-corrected chi connectivity index (χ4v) is 5.00. The summed E-state index contributed by atoms with van der Waals surface area (Å²) in [5.41, 5.74) is -3.30. The molecule has 176 valence electrons. The number of carbonyl (C=O) groups excluding carboxylic acids is 2. The van der Waals surface area contributed by atoms with Crippen LogP contribution in [0.4, 0.5) is 18.9 Å². The summed E-state index contributed by atoms with van der Waals surface area (Å²) in [6.07, 6.45) is 5.41. The Morgan fingerprint density at radius 1 is 1.24 bits per heavy atom. The monoisotopic (exact) mass is 481 g/mol. The van der Waals surface area contributed by atoms with Crippen molar-refractivity contribution in [2.24, 2.45) is 11.8 Å². The molecule has 0 saturated heterocycles. The Bertz CT molecular complexity index is 1040. The summed E-state index contributed by atoms with van der Waals surface area (Å²) in [6, 6.07) is 2.64. The first-order valence-electron chi connectivity index (χ1n) is 10.5. The molecule has 2 bridgehead atoms. The summed E-state index contributed by atoms with van der Waals surface area (Å²) in [5.74, 6) is -5.76. The standard InChI is InChI=1S/C22H23ClF3N5O2/c1-12-3-4-16(10-29-12)31(19(32)18(23)24)21(2,15-8-27-11-28-9-15)20(33)30-17-6-14-5-13(17)7-22(14,25)26/h3-4,8-11,13-14,17-18H,5-7H2,1-2H3,(H,30,33)/t13?,14?,17-,18+,21+/m1/s1. The van der Waals surface area contributed by atoms with Crippen LogP contribution in [0.3, 0.4) is 0 Å². The molecular weight excluding hydrogens is 459 g/mol. The van der Waals surface area contributed by atoms with Gasteiger partial charge in [-0.15, -0.1) is 0 Å². The second-order valence-corrected chi connectivity index (χ2v) is 9.19. The Morgan fingerprint density at radius 2 is 1.94 bits per heavy atom. The third kappa shape index (κ3) is 4.16. The number of fused-ring (bicyclic) bond motifs is 2. The summed E-state index contributed by atoms with van der Waals surface area (Å²) >= 11 is 5.53. The van der Waals surface area contributed by atoms with Gasteiger partial charge in [-0.2, -0.15) is 0 Å². The van der Waals surface area contributed by atoms with Crippen molar-refractivity contribution in [1.29, 1.82) is 0 Å². The van der Waals surface area contributed by atoms with E-state index in [4.69, 9.17) is 11.6 Å². The molecule has 0 aliphatic heterocycles. The molecule has 2 aromatic rings. The predicted octanol–water partition coefficient (Wildman–Crippen LogP) is 3.51. The molecule has 1 N–H and O–H groups in total. The molecular formula is C22H23ClF3N5O2. The van der Waals surface area contributed by atoms with Gasteiger partial charge in [-0.05, 0) is 44.7 Å². The molecule has 33 heavy (non-hydrogen) atoms. The highest BCUT2D eigenvalue weighted by Crippen LogP contribution is 2.53. The molecule has 2 unspecified atom stereocenters. The number of nitrogens with one attached hydrogen (secondary N) is 1. The minimum Gasteiger partial charge on any atom is -0.351 e. The molecule has 2 aliphatic rings. The summed E-state index contributed by atoms with van der Waals surface area (Å²) < 4.78 is 42.1. The Balaban J connectivity index is 1.75. The molecule has 4 rings (SSSR count). The van der Waals surface area contributed by atoms with E-state index in [-0.39, 0.29) is 30.0 Å². The van der Waals surface area contributed by atoms with E-state index < -0.39 is 40.9 Å². The maximum atomic E-state index is 14.1. The van der Waals surface area contributed by atoms with Gasteiger partial charge in [-0.25, -0.2) is 23.1 Å². The number of amides is 2. The van der Waals surface area contributed by atoms with Crippen molar-refractivity contribution in [1.82, 2.24) is 20.3 Å². The minimum absolute atomic E-state index is 0.131. The molecule has 5 atom stereocenters. The highest BCUT2D eigenvalue weighted by atomic mass is 35.5. The zero-order valence-corrected chi connectivity index (χ0v) is 18.8. The van der Waals surface area contributed by atoms with Crippen molar-refractivity contribution in [3.05, 3.63) is 48.3 Å². The Hall–Kier alpha value is -2.75. The van der Waals surface area contributed by atoms with Crippen LogP contribution in [0.2, 0.25) is 0 Å². The second-order valence-electron chi connectivity index (χ2n) is 8.81. The number of aryl methyl sites for hydroxylation is 1. The van der Waals surface area contributed by atoms with Gasteiger partial charge < -0.3 is 5.32 Å². The fourth-order valence-electron chi connectivity index (χ4n) is 4.91. The zero-order valence-electron chi connectivity index (χ0n) is 18.0. The van der Waals surface area contributed by atoms with Crippen LogP contribution in [0.25, 0.3) is 0 Å². The molecule has 2 heterocycles. The van der Waals surface area contributed by atoms with Gasteiger partial charge in [0, 0.05) is 42.0 Å². The van der Waals surface area contributed by atoms with Gasteiger partial charge in [-0.1, -0.05) is 11.6 Å². The summed E-state index contributed by atoms with van der Waals surface area (Å²) in [5, 5.41) is 2.83. The lowest BCUT2D eigenvalue weighted by atomic mass is 9.87. The number of anilines is 1. The number of halogens is 4. The first-order chi connectivity index (χ1) is 15.5. The summed E-state index contributed by atoms with van der Waals surface area (Å²) in [4.78, 5) is 39.7. The molecule has 2 aromatic heterocycles. The minimum atomic E-state index is -2.74. The van der Waals surface area contributed by atoms with E-state index >= 15 is 0 Å². The van der Waals surface area contributed by atoms with Crippen LogP contribution in [0.5, 0.6) is 0 Å². The Kier molecular flexibility index (Phi) is 6.07.